The van der Waals surface area contributed by atoms with E-state index in [1.54, 1.807) is 6.92 Å². The Kier molecular flexibility index (Phi) is 14.9. The first-order chi connectivity index (χ1) is 20.9. The molecule has 0 aliphatic carbocycles. The average Bonchev–Trinajstić information content (AvgIpc) is 3.28. The van der Waals surface area contributed by atoms with Gasteiger partial charge in [0.15, 0.2) is 6.23 Å². The van der Waals surface area contributed by atoms with Gasteiger partial charge >= 0.3 is 13.7 Å². The second-order valence-electron chi connectivity index (χ2n) is 9.75. The van der Waals surface area contributed by atoms with E-state index in [0.29, 0.717) is 36.1 Å². The number of aromatic nitrogens is 1. The van der Waals surface area contributed by atoms with Crippen LogP contribution in [0.5, 0.6) is 5.75 Å². The third-order valence-electron chi connectivity index (χ3n) is 6.83. The van der Waals surface area contributed by atoms with Gasteiger partial charge < -0.3 is 50.7 Å². The van der Waals surface area contributed by atoms with Gasteiger partial charge in [0.1, 0.15) is 41.8 Å². The Bertz CT molecular complexity index is 1230. The van der Waals surface area contributed by atoms with Crippen LogP contribution in [0.25, 0.3) is 0 Å². The van der Waals surface area contributed by atoms with E-state index in [2.05, 4.69) is 27.0 Å². The maximum Gasteiger partial charge on any atom is 0.403 e. The number of aliphatic hydroxyl groups is 3. The number of hydrogen-bond acceptors (Lipinski definition) is 14. The molecule has 2 aliphatic rings. The van der Waals surface area contributed by atoms with Crippen molar-refractivity contribution in [3.05, 3.63) is 47.7 Å². The van der Waals surface area contributed by atoms with Gasteiger partial charge in [-0.1, -0.05) is 26.8 Å². The normalized spacial score (nSPS) is 23.4. The Morgan fingerprint density at radius 3 is 2.64 bits per heavy atom. The third-order valence-corrected chi connectivity index (χ3v) is 7.95. The van der Waals surface area contributed by atoms with Crippen molar-refractivity contribution >= 4 is 19.6 Å². The van der Waals surface area contributed by atoms with Crippen LogP contribution in [0.3, 0.4) is 0 Å². The standard InChI is InChI=1S/C25H39N6O10P.C2H6/c1-14-21(33)17(16(12-32)10-27-14)11-28-18(25(36)39-3)6-4-5-8-29-42(37,38)40-13-19-22(34)23(35)24(41-19)31-9-7-20(26)30-15(31)2;1-2/h7,9-10,18-19,22-24,28,32-35H,2,4-6,8,11-13H2,1,3H3,(H2,26,30)(H2,29,37,38);1-2H3. The lowest BCUT2D eigenvalue weighted by Crippen LogP contribution is -2.42. The molecular formula is C27H45N6O10P. The van der Waals surface area contributed by atoms with Crippen LogP contribution in [0, 0.1) is 6.92 Å². The summed E-state index contributed by atoms with van der Waals surface area (Å²) in [5.74, 6) is -0.198. The largest absolute Gasteiger partial charge is 0.506 e. The quantitative estimate of drug-likeness (QED) is 0.0724. The summed E-state index contributed by atoms with van der Waals surface area (Å²) in [4.78, 5) is 31.8. The highest BCUT2D eigenvalue weighted by atomic mass is 31.2. The molecular weight excluding hydrogens is 599 g/mol. The van der Waals surface area contributed by atoms with E-state index in [0.717, 1.165) is 0 Å². The van der Waals surface area contributed by atoms with Crippen LogP contribution in [0.4, 0.5) is 0 Å². The number of aliphatic hydroxyl groups excluding tert-OH is 3. The lowest BCUT2D eigenvalue weighted by molar-refractivity contribution is -0.143. The first-order valence-electron chi connectivity index (χ1n) is 14.2. The van der Waals surface area contributed by atoms with E-state index in [4.69, 9.17) is 19.7 Å². The van der Waals surface area contributed by atoms with Crippen molar-refractivity contribution in [2.45, 2.75) is 83.8 Å². The smallest absolute Gasteiger partial charge is 0.403 e. The molecule has 0 spiro atoms. The molecule has 1 aromatic heterocycles. The first-order valence-corrected chi connectivity index (χ1v) is 15.8. The van der Waals surface area contributed by atoms with Crippen LogP contribution < -0.4 is 16.1 Å². The SMILES string of the molecule is C=C1N=C(N)C=CN1C1OC(COP(=O)(O)NCCCCC(NCc2c(CO)cnc(C)c2O)C(=O)OC)C(O)C1O.CC. The molecule has 3 rings (SSSR count). The van der Waals surface area contributed by atoms with Crippen molar-refractivity contribution in [3.63, 3.8) is 0 Å². The highest BCUT2D eigenvalue weighted by Crippen LogP contribution is 2.38. The van der Waals surface area contributed by atoms with Crippen LogP contribution in [0.15, 0.2) is 35.9 Å². The summed E-state index contributed by atoms with van der Waals surface area (Å²) in [6.45, 7) is 8.67. The number of hydrogen-bond donors (Lipinski definition) is 8. The summed E-state index contributed by atoms with van der Waals surface area (Å²) >= 11 is 0. The Hall–Kier alpha value is -2.92. The number of carbonyl (C=O) groups excluding carboxylic acids is 1. The van der Waals surface area contributed by atoms with Crippen molar-refractivity contribution in [2.75, 3.05) is 20.3 Å². The van der Waals surface area contributed by atoms with E-state index in [-0.39, 0.29) is 37.1 Å². The lowest BCUT2D eigenvalue weighted by Gasteiger charge is -2.30. The predicted octanol–water partition coefficient (Wildman–Crippen LogP) is 0.227. The molecule has 17 heteroatoms. The van der Waals surface area contributed by atoms with Crippen molar-refractivity contribution in [2.24, 2.45) is 10.7 Å². The lowest BCUT2D eigenvalue weighted by atomic mass is 10.1. The second-order valence-corrected chi connectivity index (χ2v) is 11.4. The summed E-state index contributed by atoms with van der Waals surface area (Å²) < 4.78 is 28.1. The fraction of sp³-hybridized carbons (Fsp3) is 0.593. The number of methoxy groups -OCH3 is 1. The number of amidine groups is 1. The highest BCUT2D eigenvalue weighted by molar-refractivity contribution is 7.50. The zero-order valence-electron chi connectivity index (χ0n) is 25.4. The molecule has 6 atom stereocenters. The van der Waals surface area contributed by atoms with Gasteiger partial charge in [-0.3, -0.25) is 14.3 Å². The fourth-order valence-electron chi connectivity index (χ4n) is 4.42. The Morgan fingerprint density at radius 2 is 2.00 bits per heavy atom. The Labute approximate surface area is 256 Å². The summed E-state index contributed by atoms with van der Waals surface area (Å²) in [7, 11) is -3.04. The maximum absolute atomic E-state index is 12.5. The van der Waals surface area contributed by atoms with Crippen LogP contribution >= 0.6 is 7.75 Å². The number of aromatic hydroxyl groups is 1. The summed E-state index contributed by atoms with van der Waals surface area (Å²) in [6.07, 6.45) is 0.615. The minimum atomic E-state index is -4.30. The molecule has 0 bridgehead atoms. The van der Waals surface area contributed by atoms with Crippen LogP contribution in [0.1, 0.15) is 49.9 Å². The summed E-state index contributed by atoms with van der Waals surface area (Å²) in [5.41, 5.74) is 6.84. The van der Waals surface area contributed by atoms with Crippen molar-refractivity contribution in [1.29, 1.82) is 0 Å². The number of nitrogens with two attached hydrogens (primary N) is 1. The molecule has 16 nitrogen and oxygen atoms in total. The van der Waals surface area contributed by atoms with E-state index in [1.165, 1.54) is 30.5 Å². The molecule has 6 unspecified atom stereocenters. The topological polar surface area (TPSA) is 242 Å². The third kappa shape index (κ3) is 10.1. The van der Waals surface area contributed by atoms with E-state index in [9.17, 15) is 34.7 Å². The van der Waals surface area contributed by atoms with E-state index in [1.807, 2.05) is 13.8 Å². The monoisotopic (exact) mass is 644 g/mol. The van der Waals surface area contributed by atoms with Gasteiger partial charge in [0.2, 0.25) is 0 Å². The molecule has 1 aromatic rings. The molecule has 0 amide bonds. The Balaban J connectivity index is 0.00000330. The number of nitrogens with one attached hydrogen (secondary N) is 2. The number of aryl methyl sites for hydroxylation is 1. The van der Waals surface area contributed by atoms with Gasteiger partial charge in [-0.05, 0) is 25.8 Å². The van der Waals surface area contributed by atoms with Crippen molar-refractivity contribution in [3.8, 4) is 5.75 Å². The van der Waals surface area contributed by atoms with Crippen LogP contribution in [0.2, 0.25) is 0 Å². The van der Waals surface area contributed by atoms with Gasteiger partial charge in [0, 0.05) is 36.6 Å². The molecule has 0 saturated carbocycles. The van der Waals surface area contributed by atoms with Gasteiger partial charge in [0.25, 0.3) is 0 Å². The number of nitrogens with zero attached hydrogens (tertiary/aromatic N) is 3. The van der Waals surface area contributed by atoms with Crippen LogP contribution in [-0.2, 0) is 36.5 Å². The van der Waals surface area contributed by atoms with Crippen molar-refractivity contribution in [1.82, 2.24) is 20.3 Å². The molecule has 0 radical (unpaired) electrons. The molecule has 248 valence electrons. The predicted molar refractivity (Wildman–Crippen MR) is 161 cm³/mol. The molecule has 9 N–H and O–H groups in total. The van der Waals surface area contributed by atoms with Gasteiger partial charge in [0.05, 0.1) is 26.0 Å². The summed E-state index contributed by atoms with van der Waals surface area (Å²) in [5, 5.41) is 46.1. The first kappa shape index (κ1) is 37.3. The van der Waals surface area contributed by atoms with Gasteiger partial charge in [-0.15, -0.1) is 0 Å². The molecule has 0 aromatic carbocycles. The molecule has 44 heavy (non-hydrogen) atoms. The molecule has 3 heterocycles. The zero-order chi connectivity index (χ0) is 33.0. The maximum atomic E-state index is 12.5. The zero-order valence-corrected chi connectivity index (χ0v) is 26.3. The molecule has 1 saturated heterocycles. The number of esters is 1. The number of pyridine rings is 1. The van der Waals surface area contributed by atoms with Crippen LogP contribution in [-0.4, -0.2) is 97.9 Å². The number of ether oxygens (including phenoxy) is 2. The number of carbonyl (C=O) groups is 1. The number of rotatable bonds is 15. The van der Waals surface area contributed by atoms with Crippen molar-refractivity contribution < 1.29 is 48.7 Å². The molecule has 2 aliphatic heterocycles. The highest BCUT2D eigenvalue weighted by Gasteiger charge is 2.46. The molecule has 1 fully saturated rings. The average molecular weight is 645 g/mol. The fourth-order valence-corrected chi connectivity index (χ4v) is 5.30. The Morgan fingerprint density at radius 1 is 1.30 bits per heavy atom. The minimum absolute atomic E-state index is 0.0673. The second kappa shape index (κ2) is 17.5. The van der Waals surface area contributed by atoms with Gasteiger partial charge in [-0.25, -0.2) is 14.6 Å². The van der Waals surface area contributed by atoms with E-state index < -0.39 is 50.9 Å². The van der Waals surface area contributed by atoms with Gasteiger partial charge in [-0.2, -0.15) is 0 Å². The number of aliphatic imine (C=N–C) groups is 1. The number of unbranched alkanes of at least 4 members (excludes halogenated alkanes) is 1. The summed E-state index contributed by atoms with van der Waals surface area (Å²) in [6, 6.07) is -0.736. The van der Waals surface area contributed by atoms with E-state index >= 15 is 0 Å². The minimum Gasteiger partial charge on any atom is -0.506 e.